The van der Waals surface area contributed by atoms with E-state index in [1.54, 1.807) is 12.3 Å². The molecule has 0 unspecified atom stereocenters. The lowest BCUT2D eigenvalue weighted by atomic mass is 10.2. The topological polar surface area (TPSA) is 80.4 Å². The summed E-state index contributed by atoms with van der Waals surface area (Å²) in [5.74, 6) is -1.29. The Morgan fingerprint density at radius 3 is 2.64 bits per heavy atom. The molecule has 0 amide bonds. The molecule has 0 fully saturated rings. The molecular weight excluding hydrogens is 206 g/mol. The van der Waals surface area contributed by atoms with Crippen molar-refractivity contribution >= 4 is 23.4 Å². The quantitative estimate of drug-likeness (QED) is 0.472. The highest BCUT2D eigenvalue weighted by atomic mass is 32.2. The monoisotopic (exact) mass is 213 g/mol. The fourth-order valence-corrected chi connectivity index (χ4v) is 1.40. The summed E-state index contributed by atoms with van der Waals surface area (Å²) in [6, 6.07) is 4.04. The van der Waals surface area contributed by atoms with Crippen LogP contribution in [0.25, 0.3) is 0 Å². The van der Waals surface area contributed by atoms with Crippen LogP contribution in [0.4, 0.5) is 5.69 Å². The number of hydrogen-bond donors (Lipinski definition) is 1. The van der Waals surface area contributed by atoms with Gasteiger partial charge in [0.15, 0.2) is 0 Å². The largest absolute Gasteiger partial charge is 0.477 e. The molecule has 1 aromatic rings. The summed E-state index contributed by atoms with van der Waals surface area (Å²) < 4.78 is 0. The van der Waals surface area contributed by atoms with Crippen LogP contribution in [0.15, 0.2) is 23.1 Å². The van der Waals surface area contributed by atoms with Gasteiger partial charge in [-0.2, -0.15) is 0 Å². The minimum Gasteiger partial charge on any atom is -0.477 e. The number of carbonyl (C=O) groups is 1. The van der Waals surface area contributed by atoms with E-state index in [0.29, 0.717) is 4.90 Å². The Morgan fingerprint density at radius 2 is 2.21 bits per heavy atom. The summed E-state index contributed by atoms with van der Waals surface area (Å²) >= 11 is 1.32. The maximum atomic E-state index is 10.6. The minimum absolute atomic E-state index is 0.284. The second kappa shape index (κ2) is 4.10. The molecule has 1 rings (SSSR count). The molecule has 0 saturated carbocycles. The second-order valence-corrected chi connectivity index (χ2v) is 3.32. The Hall–Kier alpha value is -1.56. The third-order valence-electron chi connectivity index (χ3n) is 1.63. The van der Waals surface area contributed by atoms with Crippen molar-refractivity contribution < 1.29 is 14.8 Å². The first-order chi connectivity index (χ1) is 6.56. The van der Waals surface area contributed by atoms with E-state index >= 15 is 0 Å². The zero-order valence-electron chi connectivity index (χ0n) is 7.26. The molecule has 1 aromatic carbocycles. The first-order valence-electron chi connectivity index (χ1n) is 3.62. The maximum Gasteiger partial charge on any atom is 0.342 e. The molecule has 0 spiro atoms. The molecule has 74 valence electrons. The second-order valence-electron chi connectivity index (χ2n) is 2.45. The van der Waals surface area contributed by atoms with E-state index in [0.717, 1.165) is 0 Å². The minimum atomic E-state index is -1.29. The molecule has 0 heterocycles. The van der Waals surface area contributed by atoms with Crippen LogP contribution in [-0.4, -0.2) is 22.3 Å². The number of thioether (sulfide) groups is 1. The fourth-order valence-electron chi connectivity index (χ4n) is 0.970. The molecule has 14 heavy (non-hydrogen) atoms. The van der Waals surface area contributed by atoms with Crippen molar-refractivity contribution in [3.63, 3.8) is 0 Å². The van der Waals surface area contributed by atoms with Crippen LogP contribution in [0.1, 0.15) is 10.4 Å². The van der Waals surface area contributed by atoms with E-state index in [1.165, 1.54) is 23.9 Å². The van der Waals surface area contributed by atoms with Crippen molar-refractivity contribution in [3.05, 3.63) is 33.9 Å². The summed E-state index contributed by atoms with van der Waals surface area (Å²) in [7, 11) is 0. The number of nitro benzene ring substituents is 1. The van der Waals surface area contributed by atoms with Crippen LogP contribution in [-0.2, 0) is 0 Å². The van der Waals surface area contributed by atoms with Crippen molar-refractivity contribution in [1.82, 2.24) is 0 Å². The van der Waals surface area contributed by atoms with Crippen LogP contribution in [0.2, 0.25) is 0 Å². The lowest BCUT2D eigenvalue weighted by Gasteiger charge is -1.99. The number of carboxylic acid groups (broad SMARTS) is 1. The van der Waals surface area contributed by atoms with Crippen LogP contribution >= 0.6 is 11.8 Å². The summed E-state index contributed by atoms with van der Waals surface area (Å²) in [6.45, 7) is 0. The van der Waals surface area contributed by atoms with E-state index in [9.17, 15) is 14.9 Å². The Bertz CT molecular complexity index is 391. The first kappa shape index (κ1) is 10.5. The van der Waals surface area contributed by atoms with Crippen molar-refractivity contribution in [3.8, 4) is 0 Å². The van der Waals surface area contributed by atoms with Crippen LogP contribution in [0, 0.1) is 10.1 Å². The van der Waals surface area contributed by atoms with Gasteiger partial charge in [-0.05, 0) is 18.4 Å². The van der Waals surface area contributed by atoms with Crippen LogP contribution in [0.3, 0.4) is 0 Å². The predicted octanol–water partition coefficient (Wildman–Crippen LogP) is 2.01. The SMILES string of the molecule is CSc1ccc(C(=O)O)c([N+](=O)[O-])c1. The van der Waals surface area contributed by atoms with Gasteiger partial charge in [-0.25, -0.2) is 4.79 Å². The average molecular weight is 213 g/mol. The molecule has 0 saturated heterocycles. The lowest BCUT2D eigenvalue weighted by Crippen LogP contribution is -2.02. The van der Waals surface area contributed by atoms with Gasteiger partial charge in [0.1, 0.15) is 5.56 Å². The molecule has 5 nitrogen and oxygen atoms in total. The van der Waals surface area contributed by atoms with E-state index in [4.69, 9.17) is 5.11 Å². The third kappa shape index (κ3) is 2.02. The number of hydrogen-bond acceptors (Lipinski definition) is 4. The number of benzene rings is 1. The Kier molecular flexibility index (Phi) is 3.08. The van der Waals surface area contributed by atoms with E-state index in [2.05, 4.69) is 0 Å². The molecule has 0 bridgehead atoms. The van der Waals surface area contributed by atoms with Gasteiger partial charge in [-0.3, -0.25) is 10.1 Å². The smallest absolute Gasteiger partial charge is 0.342 e. The summed E-state index contributed by atoms with van der Waals surface area (Å²) in [6.07, 6.45) is 1.76. The number of nitro groups is 1. The number of aromatic carboxylic acids is 1. The van der Waals surface area contributed by atoms with Gasteiger partial charge in [-0.15, -0.1) is 11.8 Å². The summed E-state index contributed by atoms with van der Waals surface area (Å²) in [4.78, 5) is 21.1. The highest BCUT2D eigenvalue weighted by Crippen LogP contribution is 2.25. The lowest BCUT2D eigenvalue weighted by molar-refractivity contribution is -0.385. The van der Waals surface area contributed by atoms with Gasteiger partial charge in [0.05, 0.1) is 4.92 Å². The fraction of sp³-hybridized carbons (Fsp3) is 0.125. The molecule has 0 aliphatic carbocycles. The third-order valence-corrected chi connectivity index (χ3v) is 2.36. The molecule has 0 aliphatic rings. The molecule has 0 aliphatic heterocycles. The van der Waals surface area contributed by atoms with E-state index in [1.807, 2.05) is 0 Å². The molecule has 1 N–H and O–H groups in total. The maximum absolute atomic E-state index is 10.6. The number of carboxylic acids is 1. The highest BCUT2D eigenvalue weighted by Gasteiger charge is 2.19. The van der Waals surface area contributed by atoms with Gasteiger partial charge >= 0.3 is 5.97 Å². The van der Waals surface area contributed by atoms with E-state index < -0.39 is 10.9 Å². The summed E-state index contributed by atoms with van der Waals surface area (Å²) in [5, 5.41) is 19.2. The molecule has 0 aromatic heterocycles. The zero-order valence-corrected chi connectivity index (χ0v) is 8.08. The normalized spacial score (nSPS) is 9.79. The van der Waals surface area contributed by atoms with Crippen molar-refractivity contribution in [2.24, 2.45) is 0 Å². The van der Waals surface area contributed by atoms with Crippen molar-refractivity contribution in [1.29, 1.82) is 0 Å². The number of nitrogens with zero attached hydrogens (tertiary/aromatic N) is 1. The van der Waals surface area contributed by atoms with Gasteiger partial charge in [-0.1, -0.05) is 0 Å². The Balaban J connectivity index is 3.31. The average Bonchev–Trinajstić information content (AvgIpc) is 2.16. The predicted molar refractivity (Wildman–Crippen MR) is 51.8 cm³/mol. The summed E-state index contributed by atoms with van der Waals surface area (Å²) in [5.41, 5.74) is -0.655. The van der Waals surface area contributed by atoms with Gasteiger partial charge in [0, 0.05) is 11.0 Å². The Morgan fingerprint density at radius 1 is 1.57 bits per heavy atom. The number of rotatable bonds is 3. The Labute approximate surface area is 83.9 Å². The van der Waals surface area contributed by atoms with E-state index in [-0.39, 0.29) is 11.3 Å². The molecular formula is C8H7NO4S. The van der Waals surface area contributed by atoms with Gasteiger partial charge < -0.3 is 5.11 Å². The van der Waals surface area contributed by atoms with Gasteiger partial charge in [0.2, 0.25) is 0 Å². The molecule has 0 radical (unpaired) electrons. The highest BCUT2D eigenvalue weighted by molar-refractivity contribution is 7.98. The van der Waals surface area contributed by atoms with Crippen LogP contribution in [0.5, 0.6) is 0 Å². The van der Waals surface area contributed by atoms with Gasteiger partial charge in [0.25, 0.3) is 5.69 Å². The molecule has 6 heteroatoms. The standard InChI is InChI=1S/C8H7NO4S/c1-14-5-2-3-6(8(10)11)7(4-5)9(12)13/h2-4H,1H3,(H,10,11). The van der Waals surface area contributed by atoms with Crippen LogP contribution < -0.4 is 0 Å². The first-order valence-corrected chi connectivity index (χ1v) is 4.84. The zero-order chi connectivity index (χ0) is 10.7. The van der Waals surface area contributed by atoms with Crippen molar-refractivity contribution in [2.45, 2.75) is 4.90 Å². The van der Waals surface area contributed by atoms with Crippen molar-refractivity contribution in [2.75, 3.05) is 6.26 Å². The molecule has 0 atom stereocenters.